The summed E-state index contributed by atoms with van der Waals surface area (Å²) in [5.41, 5.74) is 6.16. The minimum atomic E-state index is -4.63. The van der Waals surface area contributed by atoms with Crippen molar-refractivity contribution in [3.63, 3.8) is 0 Å². The number of likely N-dealkylation sites (tertiary alicyclic amines) is 1. The van der Waals surface area contributed by atoms with Gasteiger partial charge in [-0.25, -0.2) is 14.8 Å². The van der Waals surface area contributed by atoms with Crippen LogP contribution in [-0.4, -0.2) is 49.9 Å². The number of urea groups is 1. The molecule has 1 saturated heterocycles. The first-order valence-corrected chi connectivity index (χ1v) is 8.43. The molecule has 8 nitrogen and oxygen atoms in total. The number of halogens is 3. The van der Waals surface area contributed by atoms with Crippen LogP contribution in [0.5, 0.6) is 0 Å². The van der Waals surface area contributed by atoms with Gasteiger partial charge in [0.2, 0.25) is 5.95 Å². The standard InChI is InChI=1S/C16H20F3N7O/c1-25-8-11(7-22-25)13(16(17,18)19)24-15(27)26-6-2-3-10(9-26)12-4-5-21-14(20)23-12/h4-5,7-8,10,13H,2-3,6,9H2,1H3,(H,24,27)(H2,20,21,23). The SMILES string of the molecule is Cn1cc(C(NC(=O)N2CCCC(c3ccnc(N)n3)C2)C(F)(F)F)cn1. The number of hydrogen-bond acceptors (Lipinski definition) is 5. The number of carbonyl (C=O) groups is 1. The largest absolute Gasteiger partial charge is 0.413 e. The smallest absolute Gasteiger partial charge is 0.368 e. The molecule has 2 unspecified atom stereocenters. The number of nitrogen functional groups attached to an aromatic ring is 1. The summed E-state index contributed by atoms with van der Waals surface area (Å²) in [6.07, 6.45) is 0.660. The summed E-state index contributed by atoms with van der Waals surface area (Å²) in [5, 5.41) is 5.85. The highest BCUT2D eigenvalue weighted by atomic mass is 19.4. The van der Waals surface area contributed by atoms with E-state index in [1.54, 1.807) is 6.07 Å². The van der Waals surface area contributed by atoms with Gasteiger partial charge in [-0.15, -0.1) is 0 Å². The van der Waals surface area contributed by atoms with Crippen LogP contribution in [0.15, 0.2) is 24.7 Å². The molecule has 3 N–H and O–H groups in total. The zero-order valence-electron chi connectivity index (χ0n) is 14.6. The van der Waals surface area contributed by atoms with Crippen molar-refractivity contribution in [3.8, 4) is 0 Å². The fourth-order valence-electron chi connectivity index (χ4n) is 3.18. The van der Waals surface area contributed by atoms with Gasteiger partial charge in [0.1, 0.15) is 0 Å². The van der Waals surface area contributed by atoms with Gasteiger partial charge in [0.15, 0.2) is 6.04 Å². The zero-order valence-corrected chi connectivity index (χ0v) is 14.6. The second-order valence-corrected chi connectivity index (χ2v) is 6.50. The summed E-state index contributed by atoms with van der Waals surface area (Å²) in [5.74, 6) is 0.0281. The van der Waals surface area contributed by atoms with E-state index in [1.807, 2.05) is 0 Å². The van der Waals surface area contributed by atoms with Crippen LogP contribution < -0.4 is 11.1 Å². The van der Waals surface area contributed by atoms with Crippen molar-refractivity contribution in [2.45, 2.75) is 31.0 Å². The van der Waals surface area contributed by atoms with Crippen LogP contribution >= 0.6 is 0 Å². The van der Waals surface area contributed by atoms with Crippen molar-refractivity contribution >= 4 is 12.0 Å². The summed E-state index contributed by atoms with van der Waals surface area (Å²) >= 11 is 0. The van der Waals surface area contributed by atoms with Crippen LogP contribution in [0.4, 0.5) is 23.9 Å². The molecule has 2 atom stereocenters. The summed E-state index contributed by atoms with van der Waals surface area (Å²) in [6, 6.07) is -1.18. The molecule has 2 aromatic heterocycles. The lowest BCUT2D eigenvalue weighted by molar-refractivity contribution is -0.155. The molecule has 27 heavy (non-hydrogen) atoms. The number of alkyl halides is 3. The van der Waals surface area contributed by atoms with Gasteiger partial charge in [-0.05, 0) is 18.9 Å². The quantitative estimate of drug-likeness (QED) is 0.844. The Morgan fingerprint density at radius 3 is 2.85 bits per heavy atom. The zero-order chi connectivity index (χ0) is 19.6. The molecular formula is C16H20F3N7O. The number of nitrogens with two attached hydrogens (primary N) is 1. The predicted molar refractivity (Wildman–Crippen MR) is 90.5 cm³/mol. The minimum absolute atomic E-state index is 0.0995. The normalized spacial score (nSPS) is 19.0. The van der Waals surface area contributed by atoms with Crippen molar-refractivity contribution < 1.29 is 18.0 Å². The molecule has 0 radical (unpaired) electrons. The van der Waals surface area contributed by atoms with E-state index < -0.39 is 18.2 Å². The number of hydrogen-bond donors (Lipinski definition) is 2. The van der Waals surface area contributed by atoms with Gasteiger partial charge in [0.05, 0.1) is 11.9 Å². The van der Waals surface area contributed by atoms with Crippen molar-refractivity contribution in [3.05, 3.63) is 35.9 Å². The average Bonchev–Trinajstić information content (AvgIpc) is 3.04. The van der Waals surface area contributed by atoms with E-state index in [2.05, 4.69) is 20.4 Å². The number of amides is 2. The lowest BCUT2D eigenvalue weighted by Gasteiger charge is -2.34. The van der Waals surface area contributed by atoms with E-state index in [9.17, 15) is 18.0 Å². The number of rotatable bonds is 3. The Bertz CT molecular complexity index is 807. The Balaban J connectivity index is 1.72. The van der Waals surface area contributed by atoms with Gasteiger partial charge >= 0.3 is 12.2 Å². The molecule has 0 spiro atoms. The second-order valence-electron chi connectivity index (χ2n) is 6.50. The Labute approximate surface area is 153 Å². The topological polar surface area (TPSA) is 102 Å². The number of aryl methyl sites for hydroxylation is 1. The van der Waals surface area contributed by atoms with Crippen LogP contribution in [0.3, 0.4) is 0 Å². The number of anilines is 1. The summed E-state index contributed by atoms with van der Waals surface area (Å²) in [4.78, 5) is 21.9. The Hall–Kier alpha value is -2.85. The number of nitrogens with zero attached hydrogens (tertiary/aromatic N) is 5. The van der Waals surface area contributed by atoms with Crippen LogP contribution in [0, 0.1) is 0 Å². The van der Waals surface area contributed by atoms with Crippen LogP contribution in [0.25, 0.3) is 0 Å². The highest BCUT2D eigenvalue weighted by molar-refractivity contribution is 5.75. The Kier molecular flexibility index (Phi) is 5.19. The Morgan fingerprint density at radius 1 is 1.44 bits per heavy atom. The maximum atomic E-state index is 13.4. The van der Waals surface area contributed by atoms with Gasteiger partial charge in [-0.1, -0.05) is 0 Å². The number of carbonyl (C=O) groups excluding carboxylic acids is 1. The van der Waals surface area contributed by atoms with Gasteiger partial charge < -0.3 is 16.0 Å². The third kappa shape index (κ3) is 4.47. The fourth-order valence-corrected chi connectivity index (χ4v) is 3.18. The minimum Gasteiger partial charge on any atom is -0.368 e. The third-order valence-electron chi connectivity index (χ3n) is 4.48. The van der Waals surface area contributed by atoms with Crippen LogP contribution in [-0.2, 0) is 7.05 Å². The van der Waals surface area contributed by atoms with Gasteiger partial charge in [0, 0.05) is 44.0 Å². The van der Waals surface area contributed by atoms with Crippen LogP contribution in [0.2, 0.25) is 0 Å². The molecule has 1 aliphatic heterocycles. The van der Waals surface area contributed by atoms with Gasteiger partial charge in [0.25, 0.3) is 0 Å². The van der Waals surface area contributed by atoms with E-state index in [0.29, 0.717) is 18.7 Å². The van der Waals surface area contributed by atoms with Gasteiger partial charge in [-0.2, -0.15) is 18.3 Å². The maximum Gasteiger partial charge on any atom is 0.413 e. The molecule has 2 aromatic rings. The highest BCUT2D eigenvalue weighted by Crippen LogP contribution is 2.33. The van der Waals surface area contributed by atoms with Crippen molar-refractivity contribution in [2.24, 2.45) is 7.05 Å². The van der Waals surface area contributed by atoms with Crippen LogP contribution in [0.1, 0.15) is 36.1 Å². The molecule has 146 valence electrons. The summed E-state index contributed by atoms with van der Waals surface area (Å²) in [7, 11) is 1.52. The molecule has 1 fully saturated rings. The van der Waals surface area contributed by atoms with Crippen molar-refractivity contribution in [1.29, 1.82) is 0 Å². The average molecular weight is 383 g/mol. The second kappa shape index (κ2) is 7.41. The Morgan fingerprint density at radius 2 is 2.22 bits per heavy atom. The molecule has 0 aliphatic carbocycles. The molecular weight excluding hydrogens is 363 g/mol. The van der Waals surface area contributed by atoms with Gasteiger partial charge in [-0.3, -0.25) is 4.68 Å². The lowest BCUT2D eigenvalue weighted by atomic mass is 9.95. The first-order valence-electron chi connectivity index (χ1n) is 8.43. The number of piperidine rings is 1. The molecule has 1 aliphatic rings. The number of nitrogens with one attached hydrogen (secondary N) is 1. The molecule has 0 aromatic carbocycles. The first kappa shape index (κ1) is 18.9. The van der Waals surface area contributed by atoms with E-state index >= 15 is 0 Å². The molecule has 3 rings (SSSR count). The first-order chi connectivity index (χ1) is 12.7. The van der Waals surface area contributed by atoms with E-state index in [0.717, 1.165) is 12.6 Å². The monoisotopic (exact) mass is 383 g/mol. The third-order valence-corrected chi connectivity index (χ3v) is 4.48. The van der Waals surface area contributed by atoms with Crippen molar-refractivity contribution in [2.75, 3.05) is 18.8 Å². The molecule has 2 amide bonds. The predicted octanol–water partition coefficient (Wildman–Crippen LogP) is 1.98. The molecule has 3 heterocycles. The van der Waals surface area contributed by atoms with E-state index in [-0.39, 0.29) is 24.0 Å². The summed E-state index contributed by atoms with van der Waals surface area (Å²) < 4.78 is 41.5. The highest BCUT2D eigenvalue weighted by Gasteiger charge is 2.43. The number of aromatic nitrogens is 4. The molecule has 0 saturated carbocycles. The summed E-state index contributed by atoms with van der Waals surface area (Å²) in [6.45, 7) is 0.639. The molecule has 0 bridgehead atoms. The lowest BCUT2D eigenvalue weighted by Crippen LogP contribution is -2.48. The van der Waals surface area contributed by atoms with E-state index in [4.69, 9.17) is 5.73 Å². The maximum absolute atomic E-state index is 13.4. The fraction of sp³-hybridized carbons (Fsp3) is 0.500. The van der Waals surface area contributed by atoms with E-state index in [1.165, 1.54) is 29.0 Å². The molecule has 11 heteroatoms. The van der Waals surface area contributed by atoms with Crippen molar-refractivity contribution in [1.82, 2.24) is 30.0 Å².